The number of amides is 1. The van der Waals surface area contributed by atoms with Crippen LogP contribution in [0.25, 0.3) is 10.1 Å². The SMILES string of the molecule is O=C(N[C@@H]1COC[C@H]1N1CCOCC1)c1cc2ccccc2s1. The summed E-state index contributed by atoms with van der Waals surface area (Å²) >= 11 is 1.54. The Morgan fingerprint density at radius 3 is 2.83 bits per heavy atom. The number of carbonyl (C=O) groups excluding carboxylic acids is 1. The molecular weight excluding hydrogens is 312 g/mol. The zero-order valence-corrected chi connectivity index (χ0v) is 13.7. The van der Waals surface area contributed by atoms with Crippen LogP contribution in [0.4, 0.5) is 0 Å². The Kier molecular flexibility index (Phi) is 4.31. The minimum absolute atomic E-state index is 0.0000376. The molecule has 0 bridgehead atoms. The first-order valence-corrected chi connectivity index (χ1v) is 8.82. The van der Waals surface area contributed by atoms with Crippen molar-refractivity contribution in [3.05, 3.63) is 35.2 Å². The van der Waals surface area contributed by atoms with E-state index in [4.69, 9.17) is 9.47 Å². The van der Waals surface area contributed by atoms with E-state index in [9.17, 15) is 4.79 Å². The first-order chi connectivity index (χ1) is 11.3. The lowest BCUT2D eigenvalue weighted by molar-refractivity contribution is 0.0108. The van der Waals surface area contributed by atoms with Crippen molar-refractivity contribution in [3.8, 4) is 0 Å². The van der Waals surface area contributed by atoms with Gasteiger partial charge in [0.25, 0.3) is 5.91 Å². The van der Waals surface area contributed by atoms with Crippen molar-refractivity contribution in [3.63, 3.8) is 0 Å². The number of hydrogen-bond donors (Lipinski definition) is 1. The number of hydrogen-bond acceptors (Lipinski definition) is 5. The van der Waals surface area contributed by atoms with Crippen LogP contribution in [0.3, 0.4) is 0 Å². The molecule has 122 valence electrons. The van der Waals surface area contributed by atoms with E-state index in [2.05, 4.69) is 10.2 Å². The van der Waals surface area contributed by atoms with E-state index in [1.165, 1.54) is 11.3 Å². The summed E-state index contributed by atoms with van der Waals surface area (Å²) in [5, 5.41) is 4.29. The van der Waals surface area contributed by atoms with Crippen molar-refractivity contribution in [1.29, 1.82) is 0 Å². The summed E-state index contributed by atoms with van der Waals surface area (Å²) in [6, 6.07) is 10.3. The van der Waals surface area contributed by atoms with Gasteiger partial charge in [0.15, 0.2) is 0 Å². The van der Waals surface area contributed by atoms with Gasteiger partial charge in [-0.25, -0.2) is 0 Å². The second-order valence-electron chi connectivity index (χ2n) is 5.98. The van der Waals surface area contributed by atoms with Crippen LogP contribution >= 0.6 is 11.3 Å². The van der Waals surface area contributed by atoms with E-state index in [-0.39, 0.29) is 18.0 Å². The molecule has 1 aromatic heterocycles. The van der Waals surface area contributed by atoms with Crippen molar-refractivity contribution < 1.29 is 14.3 Å². The monoisotopic (exact) mass is 332 g/mol. The van der Waals surface area contributed by atoms with Crippen molar-refractivity contribution in [2.24, 2.45) is 0 Å². The molecule has 2 saturated heterocycles. The van der Waals surface area contributed by atoms with Gasteiger partial charge < -0.3 is 14.8 Å². The summed E-state index contributed by atoms with van der Waals surface area (Å²) < 4.78 is 12.2. The molecular formula is C17H20N2O3S. The normalized spacial score (nSPS) is 25.7. The van der Waals surface area contributed by atoms with Crippen LogP contribution in [0.15, 0.2) is 30.3 Å². The van der Waals surface area contributed by atoms with Crippen LogP contribution in [-0.2, 0) is 9.47 Å². The molecule has 1 aromatic carbocycles. The molecule has 2 aliphatic heterocycles. The minimum Gasteiger partial charge on any atom is -0.379 e. The number of carbonyl (C=O) groups is 1. The van der Waals surface area contributed by atoms with Crippen LogP contribution in [0, 0.1) is 0 Å². The van der Waals surface area contributed by atoms with Crippen molar-refractivity contribution in [2.75, 3.05) is 39.5 Å². The number of thiophene rings is 1. The van der Waals surface area contributed by atoms with Gasteiger partial charge in [-0.15, -0.1) is 11.3 Å². The van der Waals surface area contributed by atoms with E-state index in [0.29, 0.717) is 13.2 Å². The predicted molar refractivity (Wildman–Crippen MR) is 90.1 cm³/mol. The van der Waals surface area contributed by atoms with Crippen molar-refractivity contribution in [2.45, 2.75) is 12.1 Å². The number of ether oxygens (including phenoxy) is 2. The molecule has 2 aromatic rings. The topological polar surface area (TPSA) is 50.8 Å². The Morgan fingerprint density at radius 1 is 1.17 bits per heavy atom. The van der Waals surface area contributed by atoms with Crippen LogP contribution in [0.2, 0.25) is 0 Å². The molecule has 0 spiro atoms. The highest BCUT2D eigenvalue weighted by molar-refractivity contribution is 7.20. The first kappa shape index (κ1) is 15.1. The van der Waals surface area contributed by atoms with E-state index in [0.717, 1.165) is 41.3 Å². The molecule has 0 unspecified atom stereocenters. The highest BCUT2D eigenvalue weighted by Crippen LogP contribution is 2.25. The maximum atomic E-state index is 12.6. The quantitative estimate of drug-likeness (QED) is 0.930. The summed E-state index contributed by atoms with van der Waals surface area (Å²) in [6.07, 6.45) is 0. The maximum Gasteiger partial charge on any atom is 0.261 e. The number of rotatable bonds is 3. The van der Waals surface area contributed by atoms with E-state index in [1.807, 2.05) is 30.3 Å². The summed E-state index contributed by atoms with van der Waals surface area (Å²) in [6.45, 7) is 4.59. The highest BCUT2D eigenvalue weighted by atomic mass is 32.1. The van der Waals surface area contributed by atoms with Crippen molar-refractivity contribution in [1.82, 2.24) is 10.2 Å². The lowest BCUT2D eigenvalue weighted by Gasteiger charge is -2.34. The molecule has 2 aliphatic rings. The van der Waals surface area contributed by atoms with Gasteiger partial charge >= 0.3 is 0 Å². The number of morpholine rings is 1. The second-order valence-corrected chi connectivity index (χ2v) is 7.07. The predicted octanol–water partition coefficient (Wildman–Crippen LogP) is 1.73. The van der Waals surface area contributed by atoms with E-state index < -0.39 is 0 Å². The Hall–Kier alpha value is -1.47. The molecule has 0 aliphatic carbocycles. The average Bonchev–Trinajstić information content (AvgIpc) is 3.22. The summed E-state index contributed by atoms with van der Waals surface area (Å²) in [5.41, 5.74) is 0. The zero-order chi connectivity index (χ0) is 15.6. The first-order valence-electron chi connectivity index (χ1n) is 8.00. The molecule has 0 saturated carbocycles. The van der Waals surface area contributed by atoms with E-state index >= 15 is 0 Å². The molecule has 4 rings (SSSR count). The second kappa shape index (κ2) is 6.57. The zero-order valence-electron chi connectivity index (χ0n) is 12.9. The smallest absolute Gasteiger partial charge is 0.261 e. The summed E-state index contributed by atoms with van der Waals surface area (Å²) in [7, 11) is 0. The van der Waals surface area contributed by atoms with Gasteiger partial charge in [-0.1, -0.05) is 18.2 Å². The molecule has 5 nitrogen and oxygen atoms in total. The van der Waals surface area contributed by atoms with Gasteiger partial charge in [0.2, 0.25) is 0 Å². The molecule has 3 heterocycles. The van der Waals surface area contributed by atoms with Gasteiger partial charge in [-0.05, 0) is 17.5 Å². The Morgan fingerprint density at radius 2 is 2.00 bits per heavy atom. The fraction of sp³-hybridized carbons (Fsp3) is 0.471. The van der Waals surface area contributed by atoms with Crippen LogP contribution in [-0.4, -0.2) is 62.4 Å². The summed E-state index contributed by atoms with van der Waals surface area (Å²) in [4.78, 5) is 15.7. The Labute approximate surface area is 139 Å². The van der Waals surface area contributed by atoms with Crippen LogP contribution in [0.5, 0.6) is 0 Å². The lowest BCUT2D eigenvalue weighted by Crippen LogP contribution is -2.54. The van der Waals surface area contributed by atoms with Gasteiger partial charge in [-0.2, -0.15) is 0 Å². The largest absolute Gasteiger partial charge is 0.379 e. The van der Waals surface area contributed by atoms with E-state index in [1.54, 1.807) is 0 Å². The van der Waals surface area contributed by atoms with Crippen molar-refractivity contribution >= 4 is 27.3 Å². The fourth-order valence-corrected chi connectivity index (χ4v) is 4.25. The molecule has 23 heavy (non-hydrogen) atoms. The molecule has 1 N–H and O–H groups in total. The third-order valence-corrected chi connectivity index (χ3v) is 5.65. The number of fused-ring (bicyclic) bond motifs is 1. The van der Waals surface area contributed by atoms with Gasteiger partial charge in [0.1, 0.15) is 0 Å². The van der Waals surface area contributed by atoms with Gasteiger partial charge in [0, 0.05) is 17.8 Å². The molecule has 6 heteroatoms. The number of nitrogens with zero attached hydrogens (tertiary/aromatic N) is 1. The van der Waals surface area contributed by atoms with Gasteiger partial charge in [-0.3, -0.25) is 9.69 Å². The molecule has 2 fully saturated rings. The van der Waals surface area contributed by atoms with Crippen LogP contribution < -0.4 is 5.32 Å². The third kappa shape index (κ3) is 3.12. The van der Waals surface area contributed by atoms with Gasteiger partial charge in [0.05, 0.1) is 43.4 Å². The number of nitrogens with one attached hydrogen (secondary N) is 1. The fourth-order valence-electron chi connectivity index (χ4n) is 3.28. The number of benzene rings is 1. The Bertz CT molecular complexity index is 663. The third-order valence-electron chi connectivity index (χ3n) is 4.53. The minimum atomic E-state index is -0.0000376. The highest BCUT2D eigenvalue weighted by Gasteiger charge is 2.35. The molecule has 1 amide bonds. The van der Waals surface area contributed by atoms with Crippen LogP contribution in [0.1, 0.15) is 9.67 Å². The Balaban J connectivity index is 1.46. The molecule has 2 atom stereocenters. The maximum absolute atomic E-state index is 12.6. The average molecular weight is 332 g/mol. The molecule has 0 radical (unpaired) electrons. The summed E-state index contributed by atoms with van der Waals surface area (Å²) in [5.74, 6) is -0.0000376. The lowest BCUT2D eigenvalue weighted by atomic mass is 10.1. The standard InChI is InChI=1S/C17H20N2O3S/c20-17(16-9-12-3-1-2-4-15(12)23-16)18-13-10-22-11-14(13)19-5-7-21-8-6-19/h1-4,9,13-14H,5-8,10-11H2,(H,18,20)/t13-,14-/m1/s1.